The zero-order valence-corrected chi connectivity index (χ0v) is 22.5. The lowest BCUT2D eigenvalue weighted by Crippen LogP contribution is -2.45. The number of allylic oxidation sites excluding steroid dienone is 2. The van der Waals surface area contributed by atoms with Gasteiger partial charge >= 0.3 is 0 Å². The number of carbonyl (C=O) groups excluding carboxylic acids is 1. The Hall–Kier alpha value is -4.41. The fraction of sp³-hybridized carbons (Fsp3) is 0.281. The molecule has 7 heteroatoms. The Morgan fingerprint density at radius 3 is 2.49 bits per heavy atom. The van der Waals surface area contributed by atoms with Gasteiger partial charge in [0.1, 0.15) is 11.6 Å². The monoisotopic (exact) mass is 520 g/mol. The molecule has 2 aromatic carbocycles. The van der Waals surface area contributed by atoms with Gasteiger partial charge in [0, 0.05) is 24.8 Å². The predicted molar refractivity (Wildman–Crippen MR) is 152 cm³/mol. The van der Waals surface area contributed by atoms with Crippen LogP contribution in [-0.2, 0) is 15.9 Å². The van der Waals surface area contributed by atoms with Crippen molar-refractivity contribution in [3.05, 3.63) is 101 Å². The molecule has 1 aromatic heterocycles. The van der Waals surface area contributed by atoms with E-state index in [1.165, 1.54) is 0 Å². The number of benzene rings is 2. The van der Waals surface area contributed by atoms with E-state index < -0.39 is 0 Å². The lowest BCUT2D eigenvalue weighted by atomic mass is 9.89. The summed E-state index contributed by atoms with van der Waals surface area (Å²) in [5.74, 6) is 1.18. The van der Waals surface area contributed by atoms with Gasteiger partial charge in [-0.2, -0.15) is 5.26 Å². The molecule has 2 heterocycles. The molecule has 1 amide bonds. The van der Waals surface area contributed by atoms with Crippen LogP contribution in [0.25, 0.3) is 16.9 Å². The molecule has 1 aliphatic carbocycles. The lowest BCUT2D eigenvalue weighted by molar-refractivity contribution is -0.00546. The van der Waals surface area contributed by atoms with Gasteiger partial charge in [-0.1, -0.05) is 36.4 Å². The van der Waals surface area contributed by atoms with Crippen molar-refractivity contribution in [2.75, 3.05) is 25.1 Å². The van der Waals surface area contributed by atoms with Crippen LogP contribution >= 0.6 is 0 Å². The number of fused-ring (bicyclic) bond motifs is 1. The summed E-state index contributed by atoms with van der Waals surface area (Å²) in [6.45, 7) is 5.64. The Kier molecular flexibility index (Phi) is 7.76. The zero-order chi connectivity index (χ0) is 27.4. The van der Waals surface area contributed by atoms with E-state index in [1.54, 1.807) is 19.4 Å². The molecule has 39 heavy (non-hydrogen) atoms. The Balaban J connectivity index is 1.43. The highest BCUT2D eigenvalue weighted by atomic mass is 16.5. The van der Waals surface area contributed by atoms with Crippen LogP contribution in [-0.4, -0.2) is 43.3 Å². The molecular weight excluding hydrogens is 488 g/mol. The average molecular weight is 521 g/mol. The normalized spacial score (nSPS) is 21.6. The highest BCUT2D eigenvalue weighted by Gasteiger charge is 2.24. The number of carbonyl (C=O) groups is 1. The summed E-state index contributed by atoms with van der Waals surface area (Å²) < 4.78 is 11.7. The maximum atomic E-state index is 13.3. The van der Waals surface area contributed by atoms with Crippen LogP contribution in [0.4, 0.5) is 5.82 Å². The van der Waals surface area contributed by atoms with Gasteiger partial charge < -0.3 is 19.7 Å². The van der Waals surface area contributed by atoms with Gasteiger partial charge in [0.2, 0.25) is 0 Å². The molecule has 7 nitrogen and oxygen atoms in total. The molecule has 1 aliphatic heterocycles. The Labute approximate surface area is 229 Å². The third-order valence-electron chi connectivity index (χ3n) is 7.04. The molecule has 0 unspecified atom stereocenters. The van der Waals surface area contributed by atoms with Crippen LogP contribution in [0.2, 0.25) is 0 Å². The van der Waals surface area contributed by atoms with Crippen molar-refractivity contribution in [3.63, 3.8) is 0 Å². The van der Waals surface area contributed by atoms with E-state index in [0.29, 0.717) is 22.6 Å². The third kappa shape index (κ3) is 5.71. The summed E-state index contributed by atoms with van der Waals surface area (Å²) in [5, 5.41) is 12.2. The van der Waals surface area contributed by atoms with Gasteiger partial charge in [0.25, 0.3) is 5.91 Å². The van der Waals surface area contributed by atoms with Crippen LogP contribution in [0.3, 0.4) is 0 Å². The number of hydrogen-bond acceptors (Lipinski definition) is 6. The first-order chi connectivity index (χ1) is 19.0. The van der Waals surface area contributed by atoms with Crippen molar-refractivity contribution in [1.29, 1.82) is 5.26 Å². The highest BCUT2D eigenvalue weighted by Crippen LogP contribution is 2.34. The number of nitrogens with zero attached hydrogens (tertiary/aromatic N) is 3. The van der Waals surface area contributed by atoms with Crippen LogP contribution in [0.15, 0.2) is 78.6 Å². The topological polar surface area (TPSA) is 87.5 Å². The number of rotatable bonds is 5. The van der Waals surface area contributed by atoms with Gasteiger partial charge in [-0.15, -0.1) is 0 Å². The molecule has 2 aliphatic rings. The van der Waals surface area contributed by atoms with Crippen LogP contribution in [0.1, 0.15) is 47.3 Å². The molecule has 2 atom stereocenters. The van der Waals surface area contributed by atoms with Crippen molar-refractivity contribution in [3.8, 4) is 17.2 Å². The van der Waals surface area contributed by atoms with Crippen molar-refractivity contribution >= 4 is 17.5 Å². The fourth-order valence-corrected chi connectivity index (χ4v) is 5.30. The number of methoxy groups -OCH3 is 1. The second-order valence-corrected chi connectivity index (χ2v) is 9.93. The van der Waals surface area contributed by atoms with Crippen molar-refractivity contribution in [2.24, 2.45) is 0 Å². The Morgan fingerprint density at radius 1 is 1.08 bits per heavy atom. The fourth-order valence-electron chi connectivity index (χ4n) is 5.30. The molecule has 5 rings (SSSR count). The molecular formula is C32H32N4O3. The minimum absolute atomic E-state index is 0.129. The molecule has 1 saturated heterocycles. The minimum atomic E-state index is -0.252. The first kappa shape index (κ1) is 26.2. The summed E-state index contributed by atoms with van der Waals surface area (Å²) in [7, 11) is 1.62. The molecule has 1 N–H and O–H groups in total. The molecule has 0 bridgehead atoms. The molecule has 1 fully saturated rings. The van der Waals surface area contributed by atoms with E-state index >= 15 is 0 Å². The maximum Gasteiger partial charge on any atom is 0.257 e. The van der Waals surface area contributed by atoms with Crippen LogP contribution in [0, 0.1) is 11.3 Å². The maximum absolute atomic E-state index is 13.3. The summed E-state index contributed by atoms with van der Waals surface area (Å²) in [6, 6.07) is 19.6. The van der Waals surface area contributed by atoms with Gasteiger partial charge in [0.05, 0.1) is 42.2 Å². The summed E-state index contributed by atoms with van der Waals surface area (Å²) in [6.07, 6.45) is 7.46. The second-order valence-electron chi connectivity index (χ2n) is 9.93. The molecule has 0 radical (unpaired) electrons. The Morgan fingerprint density at radius 2 is 1.82 bits per heavy atom. The molecule has 198 valence electrons. The number of anilines is 1. The van der Waals surface area contributed by atoms with Crippen molar-refractivity contribution < 1.29 is 14.3 Å². The molecule has 0 spiro atoms. The van der Waals surface area contributed by atoms with Crippen LogP contribution in [0.5, 0.6) is 0 Å². The van der Waals surface area contributed by atoms with Crippen LogP contribution < -0.4 is 10.2 Å². The highest BCUT2D eigenvalue weighted by molar-refractivity contribution is 5.96. The smallest absolute Gasteiger partial charge is 0.257 e. The van der Waals surface area contributed by atoms with Crippen molar-refractivity contribution in [2.45, 2.75) is 38.9 Å². The third-order valence-corrected chi connectivity index (χ3v) is 7.04. The summed E-state index contributed by atoms with van der Waals surface area (Å²) >= 11 is 0. The first-order valence-corrected chi connectivity index (χ1v) is 13.2. The zero-order valence-electron chi connectivity index (χ0n) is 22.5. The van der Waals surface area contributed by atoms with Gasteiger partial charge in [-0.3, -0.25) is 4.79 Å². The molecule has 3 aromatic rings. The van der Waals surface area contributed by atoms with E-state index in [4.69, 9.17) is 9.47 Å². The van der Waals surface area contributed by atoms with Gasteiger partial charge in [-0.05, 0) is 73.7 Å². The number of hydrogen-bond donors (Lipinski definition) is 1. The lowest BCUT2D eigenvalue weighted by Gasteiger charge is -2.36. The number of nitriles is 1. The predicted octanol–water partition coefficient (Wildman–Crippen LogP) is 5.48. The molecule has 0 saturated carbocycles. The number of ether oxygens (including phenoxy) is 2. The van der Waals surface area contributed by atoms with E-state index in [0.717, 1.165) is 54.0 Å². The van der Waals surface area contributed by atoms with Crippen molar-refractivity contribution in [1.82, 2.24) is 10.3 Å². The van der Waals surface area contributed by atoms with E-state index in [9.17, 15) is 10.1 Å². The Bertz CT molecular complexity index is 1440. The first-order valence-electron chi connectivity index (χ1n) is 13.2. The summed E-state index contributed by atoms with van der Waals surface area (Å²) in [4.78, 5) is 20.1. The number of pyridine rings is 1. The number of nitrogens with one attached hydrogen (secondary N) is 1. The average Bonchev–Trinajstić information content (AvgIpc) is 2.94. The standard InChI is InChI=1S/C32H32N4O3/c1-21-19-36(20-22(2)39-21)30-16-15-25(18-34-30)32(37)35-29-10-5-4-7-27-26(8-6-9-28(27)31(29)38-3)24-13-11-23(17-33)12-14-24/h5-6,8-16,18,21-22H,4,7,19-20H2,1-3H3,(H,35,37)/b10-5-,31-29-/t21-,22+. The second kappa shape index (κ2) is 11.5. The number of aromatic nitrogens is 1. The van der Waals surface area contributed by atoms with E-state index in [1.807, 2.05) is 48.5 Å². The number of morpholine rings is 1. The number of amides is 1. The SMILES string of the molecule is CO/C1=C(NC(=O)c2ccc(N3C[C@@H](C)O[C@@H](C)C3)nc2)/C=C\CCc2c1cccc2-c1ccc(C#N)cc1. The van der Waals surface area contributed by atoms with Gasteiger partial charge in [-0.25, -0.2) is 4.98 Å². The van der Waals surface area contributed by atoms with E-state index in [2.05, 4.69) is 47.3 Å². The van der Waals surface area contributed by atoms with E-state index in [-0.39, 0.29) is 18.1 Å². The largest absolute Gasteiger partial charge is 0.494 e. The summed E-state index contributed by atoms with van der Waals surface area (Å²) in [5.41, 5.74) is 5.88. The quantitative estimate of drug-likeness (QED) is 0.479. The van der Waals surface area contributed by atoms with Gasteiger partial charge in [0.15, 0.2) is 0 Å². The minimum Gasteiger partial charge on any atom is -0.494 e.